The lowest BCUT2D eigenvalue weighted by Crippen LogP contribution is -1.96. The topological polar surface area (TPSA) is 27.7 Å². The van der Waals surface area contributed by atoms with Gasteiger partial charge in [-0.15, -0.1) is 11.8 Å². The molecule has 0 spiro atoms. The van der Waals surface area contributed by atoms with Crippen LogP contribution < -0.4 is 14.2 Å². The van der Waals surface area contributed by atoms with Gasteiger partial charge in [0.05, 0.1) is 26.2 Å². The fraction of sp³-hybridized carbons (Fsp3) is 0.538. The van der Waals surface area contributed by atoms with Crippen molar-refractivity contribution in [3.63, 3.8) is 0 Å². The second kappa shape index (κ2) is 7.33. The summed E-state index contributed by atoms with van der Waals surface area (Å²) in [6.07, 6.45) is 2.39. The minimum atomic E-state index is 0.663. The van der Waals surface area contributed by atoms with Gasteiger partial charge in [0.1, 0.15) is 0 Å². The van der Waals surface area contributed by atoms with Crippen LogP contribution >= 0.6 is 11.8 Å². The first kappa shape index (κ1) is 14.0. The number of rotatable bonds is 7. The first-order valence-corrected chi connectivity index (χ1v) is 6.68. The number of thioether (sulfide) groups is 1. The van der Waals surface area contributed by atoms with Crippen LogP contribution in [0.15, 0.2) is 17.0 Å². The molecule has 4 heteroatoms. The van der Waals surface area contributed by atoms with Crippen LogP contribution in [0.25, 0.3) is 0 Å². The second-order valence-electron chi connectivity index (χ2n) is 3.53. The van der Waals surface area contributed by atoms with E-state index in [0.717, 1.165) is 16.4 Å². The molecule has 0 saturated carbocycles. The molecular formula is C13H20O3S. The van der Waals surface area contributed by atoms with E-state index in [4.69, 9.17) is 14.2 Å². The highest BCUT2D eigenvalue weighted by Gasteiger charge is 2.15. The first-order chi connectivity index (χ1) is 8.28. The monoisotopic (exact) mass is 256 g/mol. The largest absolute Gasteiger partial charge is 0.493 e. The van der Waals surface area contributed by atoms with E-state index in [-0.39, 0.29) is 0 Å². The normalized spacial score (nSPS) is 10.1. The van der Waals surface area contributed by atoms with E-state index in [2.05, 4.69) is 6.92 Å². The highest BCUT2D eigenvalue weighted by atomic mass is 32.2. The molecule has 0 aliphatic carbocycles. The molecule has 0 bridgehead atoms. The van der Waals surface area contributed by atoms with E-state index < -0.39 is 0 Å². The summed E-state index contributed by atoms with van der Waals surface area (Å²) in [6, 6.07) is 3.93. The molecular weight excluding hydrogens is 236 g/mol. The summed E-state index contributed by atoms with van der Waals surface area (Å²) in [5.74, 6) is 3.20. The van der Waals surface area contributed by atoms with Gasteiger partial charge in [-0.1, -0.05) is 13.3 Å². The molecule has 0 unspecified atom stereocenters. The maximum atomic E-state index is 5.41. The number of hydrogen-bond acceptors (Lipinski definition) is 4. The third-order valence-electron chi connectivity index (χ3n) is 2.42. The summed E-state index contributed by atoms with van der Waals surface area (Å²) < 4.78 is 16.0. The Labute approximate surface area is 107 Å². The maximum Gasteiger partial charge on any atom is 0.204 e. The fourth-order valence-electron chi connectivity index (χ4n) is 1.51. The summed E-state index contributed by atoms with van der Waals surface area (Å²) >= 11 is 1.78. The Morgan fingerprint density at radius 2 is 1.71 bits per heavy atom. The van der Waals surface area contributed by atoms with Gasteiger partial charge in [0, 0.05) is 0 Å². The minimum absolute atomic E-state index is 0.663. The quantitative estimate of drug-likeness (QED) is 0.550. The molecule has 0 N–H and O–H groups in total. The van der Waals surface area contributed by atoms with Crippen LogP contribution in [0, 0.1) is 0 Å². The van der Waals surface area contributed by atoms with Gasteiger partial charge in [0.2, 0.25) is 5.75 Å². The van der Waals surface area contributed by atoms with E-state index in [1.165, 1.54) is 12.8 Å². The van der Waals surface area contributed by atoms with E-state index >= 15 is 0 Å². The molecule has 1 aromatic carbocycles. The average molecular weight is 256 g/mol. The standard InChI is InChI=1S/C13H20O3S/c1-5-6-9-17-11-8-7-10(14-2)12(15-3)13(11)16-4/h7-8H,5-6,9H2,1-4H3. The summed E-state index contributed by atoms with van der Waals surface area (Å²) in [5, 5.41) is 0. The molecule has 96 valence electrons. The SMILES string of the molecule is CCCCSc1ccc(OC)c(OC)c1OC. The maximum absolute atomic E-state index is 5.41. The van der Waals surface area contributed by atoms with Gasteiger partial charge in [-0.05, 0) is 24.3 Å². The van der Waals surface area contributed by atoms with Crippen LogP contribution in [0.3, 0.4) is 0 Å². The molecule has 0 aliphatic rings. The van der Waals surface area contributed by atoms with Crippen molar-refractivity contribution in [3.8, 4) is 17.2 Å². The predicted molar refractivity (Wildman–Crippen MR) is 71.7 cm³/mol. The molecule has 17 heavy (non-hydrogen) atoms. The van der Waals surface area contributed by atoms with Crippen molar-refractivity contribution in [2.75, 3.05) is 27.1 Å². The van der Waals surface area contributed by atoms with E-state index in [1.807, 2.05) is 12.1 Å². The Morgan fingerprint density at radius 1 is 1.00 bits per heavy atom. The second-order valence-corrected chi connectivity index (χ2v) is 4.67. The fourth-order valence-corrected chi connectivity index (χ4v) is 2.64. The van der Waals surface area contributed by atoms with Crippen LogP contribution in [0.5, 0.6) is 17.2 Å². The van der Waals surface area contributed by atoms with Crippen molar-refractivity contribution in [2.24, 2.45) is 0 Å². The number of methoxy groups -OCH3 is 3. The number of unbranched alkanes of at least 4 members (excludes halogenated alkanes) is 1. The first-order valence-electron chi connectivity index (χ1n) is 5.70. The molecule has 0 aliphatic heterocycles. The minimum Gasteiger partial charge on any atom is -0.493 e. The van der Waals surface area contributed by atoms with Crippen molar-refractivity contribution in [2.45, 2.75) is 24.7 Å². The lowest BCUT2D eigenvalue weighted by atomic mass is 10.3. The molecule has 3 nitrogen and oxygen atoms in total. The highest BCUT2D eigenvalue weighted by molar-refractivity contribution is 7.99. The highest BCUT2D eigenvalue weighted by Crippen LogP contribution is 2.43. The van der Waals surface area contributed by atoms with E-state index in [0.29, 0.717) is 11.5 Å². The Hall–Kier alpha value is -1.03. The van der Waals surface area contributed by atoms with Crippen LogP contribution in [0.1, 0.15) is 19.8 Å². The molecule has 1 aromatic rings. The summed E-state index contributed by atoms with van der Waals surface area (Å²) in [7, 11) is 4.91. The van der Waals surface area contributed by atoms with Gasteiger partial charge in [0.25, 0.3) is 0 Å². The summed E-state index contributed by atoms with van der Waals surface area (Å²) in [4.78, 5) is 1.10. The molecule has 0 heterocycles. The summed E-state index contributed by atoms with van der Waals surface area (Å²) in [6.45, 7) is 2.19. The molecule has 0 radical (unpaired) electrons. The van der Waals surface area contributed by atoms with Gasteiger partial charge in [-0.2, -0.15) is 0 Å². The number of benzene rings is 1. The molecule has 0 saturated heterocycles. The predicted octanol–water partition coefficient (Wildman–Crippen LogP) is 3.60. The van der Waals surface area contributed by atoms with Gasteiger partial charge >= 0.3 is 0 Å². The summed E-state index contributed by atoms with van der Waals surface area (Å²) in [5.41, 5.74) is 0. The van der Waals surface area contributed by atoms with Crippen LogP contribution in [-0.2, 0) is 0 Å². The molecule has 0 amide bonds. The zero-order chi connectivity index (χ0) is 12.7. The van der Waals surface area contributed by atoms with Crippen molar-refractivity contribution in [1.82, 2.24) is 0 Å². The lowest BCUT2D eigenvalue weighted by molar-refractivity contribution is 0.319. The molecule has 0 atom stereocenters. The Kier molecular flexibility index (Phi) is 6.05. The smallest absolute Gasteiger partial charge is 0.204 e. The van der Waals surface area contributed by atoms with Crippen molar-refractivity contribution < 1.29 is 14.2 Å². The molecule has 0 aromatic heterocycles. The Balaban J connectivity index is 2.97. The van der Waals surface area contributed by atoms with E-state index in [1.54, 1.807) is 33.1 Å². The van der Waals surface area contributed by atoms with Gasteiger partial charge < -0.3 is 14.2 Å². The number of ether oxygens (including phenoxy) is 3. The zero-order valence-corrected chi connectivity index (χ0v) is 11.7. The molecule has 1 rings (SSSR count). The van der Waals surface area contributed by atoms with Gasteiger partial charge in [-0.25, -0.2) is 0 Å². The van der Waals surface area contributed by atoms with Crippen molar-refractivity contribution in [1.29, 1.82) is 0 Å². The third-order valence-corrected chi connectivity index (χ3v) is 3.55. The third kappa shape index (κ3) is 3.46. The average Bonchev–Trinajstić information content (AvgIpc) is 2.38. The van der Waals surface area contributed by atoms with Gasteiger partial charge in [0.15, 0.2) is 11.5 Å². The van der Waals surface area contributed by atoms with Crippen LogP contribution in [0.4, 0.5) is 0 Å². The van der Waals surface area contributed by atoms with Gasteiger partial charge in [-0.3, -0.25) is 0 Å². The zero-order valence-electron chi connectivity index (χ0n) is 10.9. The lowest BCUT2D eigenvalue weighted by Gasteiger charge is -2.15. The molecule has 0 fully saturated rings. The van der Waals surface area contributed by atoms with Crippen LogP contribution in [0.2, 0.25) is 0 Å². The van der Waals surface area contributed by atoms with Crippen molar-refractivity contribution in [3.05, 3.63) is 12.1 Å². The number of hydrogen-bond donors (Lipinski definition) is 0. The Bertz CT molecular complexity index is 353. The van der Waals surface area contributed by atoms with Crippen LogP contribution in [-0.4, -0.2) is 27.1 Å². The Morgan fingerprint density at radius 3 is 2.24 bits per heavy atom. The van der Waals surface area contributed by atoms with E-state index in [9.17, 15) is 0 Å². The van der Waals surface area contributed by atoms with Crippen molar-refractivity contribution >= 4 is 11.8 Å².